The van der Waals surface area contributed by atoms with Crippen LogP contribution in [0.25, 0.3) is 0 Å². The second-order valence-electron chi connectivity index (χ2n) is 2.62. The van der Waals surface area contributed by atoms with Gasteiger partial charge in [0.15, 0.2) is 0 Å². The summed E-state index contributed by atoms with van der Waals surface area (Å²) >= 11 is 5.26. The molecule has 0 aromatic heterocycles. The molecule has 0 fully saturated rings. The first-order valence-electron chi connectivity index (χ1n) is 4.06. The molecule has 0 aliphatic rings. The van der Waals surface area contributed by atoms with Crippen LogP contribution in [0.4, 0.5) is 4.39 Å². The Bertz CT molecular complexity index is 390. The zero-order chi connectivity index (χ0) is 11.3. The molecule has 0 heterocycles. The Balaban J connectivity index is 2.90. The summed E-state index contributed by atoms with van der Waals surface area (Å²) in [5, 5.41) is 8.76. The quantitative estimate of drug-likeness (QED) is 0.865. The molecular formula is C10H8ClFO3. The van der Waals surface area contributed by atoms with Crippen LogP contribution < -0.4 is 4.74 Å². The Morgan fingerprint density at radius 1 is 1.60 bits per heavy atom. The third-order valence-corrected chi connectivity index (χ3v) is 1.77. The van der Waals surface area contributed by atoms with Crippen LogP contribution >= 0.6 is 11.6 Å². The summed E-state index contributed by atoms with van der Waals surface area (Å²) in [6, 6.07) is 3.30. The lowest BCUT2D eigenvalue weighted by molar-refractivity contribution is 0.0692. The van der Waals surface area contributed by atoms with Gasteiger partial charge in [-0.05, 0) is 24.3 Å². The fourth-order valence-corrected chi connectivity index (χ4v) is 1.04. The van der Waals surface area contributed by atoms with Gasteiger partial charge in [-0.3, -0.25) is 0 Å². The molecule has 1 rings (SSSR count). The molecule has 0 aliphatic heterocycles. The molecule has 0 bridgehead atoms. The molecule has 1 aromatic rings. The SMILES string of the molecule is O=C(O)c1cc(F)ccc1OC/C=C/Cl. The Labute approximate surface area is 90.7 Å². The van der Waals surface area contributed by atoms with E-state index in [0.29, 0.717) is 0 Å². The van der Waals surface area contributed by atoms with Crippen molar-refractivity contribution in [3.8, 4) is 5.75 Å². The van der Waals surface area contributed by atoms with Gasteiger partial charge in [0.1, 0.15) is 23.7 Å². The summed E-state index contributed by atoms with van der Waals surface area (Å²) in [6.07, 6.45) is 1.50. The van der Waals surface area contributed by atoms with Crippen LogP contribution in [0.3, 0.4) is 0 Å². The lowest BCUT2D eigenvalue weighted by Crippen LogP contribution is -2.03. The van der Waals surface area contributed by atoms with Crippen LogP contribution in [-0.4, -0.2) is 17.7 Å². The molecule has 0 saturated carbocycles. The minimum absolute atomic E-state index is 0.110. The maximum atomic E-state index is 12.7. The number of halogens is 2. The van der Waals surface area contributed by atoms with Gasteiger partial charge in [0.25, 0.3) is 0 Å². The summed E-state index contributed by atoms with van der Waals surface area (Å²) in [7, 11) is 0. The number of hydrogen-bond donors (Lipinski definition) is 1. The number of carboxylic acids is 1. The van der Waals surface area contributed by atoms with Gasteiger partial charge < -0.3 is 9.84 Å². The van der Waals surface area contributed by atoms with Gasteiger partial charge in [0, 0.05) is 5.54 Å². The summed E-state index contributed by atoms with van der Waals surface area (Å²) in [4.78, 5) is 10.7. The number of benzene rings is 1. The van der Waals surface area contributed by atoms with Crippen molar-refractivity contribution in [3.63, 3.8) is 0 Å². The van der Waals surface area contributed by atoms with Gasteiger partial charge in [0.2, 0.25) is 0 Å². The van der Waals surface area contributed by atoms with Crippen LogP contribution in [0.5, 0.6) is 5.75 Å². The number of carbonyl (C=O) groups is 1. The van der Waals surface area contributed by atoms with E-state index in [1.807, 2.05) is 0 Å². The average molecular weight is 231 g/mol. The lowest BCUT2D eigenvalue weighted by Gasteiger charge is -2.06. The van der Waals surface area contributed by atoms with E-state index in [2.05, 4.69) is 0 Å². The topological polar surface area (TPSA) is 46.5 Å². The lowest BCUT2D eigenvalue weighted by atomic mass is 10.2. The predicted molar refractivity (Wildman–Crippen MR) is 53.8 cm³/mol. The van der Waals surface area contributed by atoms with Crippen molar-refractivity contribution in [2.45, 2.75) is 0 Å². The van der Waals surface area contributed by atoms with E-state index < -0.39 is 11.8 Å². The minimum Gasteiger partial charge on any atom is -0.489 e. The van der Waals surface area contributed by atoms with Gasteiger partial charge in [-0.15, -0.1) is 0 Å². The number of aromatic carboxylic acids is 1. The van der Waals surface area contributed by atoms with Crippen molar-refractivity contribution < 1.29 is 19.0 Å². The summed E-state index contributed by atoms with van der Waals surface area (Å²) < 4.78 is 17.8. The van der Waals surface area contributed by atoms with Crippen molar-refractivity contribution >= 4 is 17.6 Å². The van der Waals surface area contributed by atoms with Gasteiger partial charge in [0.05, 0.1) is 0 Å². The summed E-state index contributed by atoms with van der Waals surface area (Å²) in [6.45, 7) is 0.134. The number of hydrogen-bond acceptors (Lipinski definition) is 2. The van der Waals surface area contributed by atoms with Crippen LogP contribution in [0.15, 0.2) is 29.8 Å². The predicted octanol–water partition coefficient (Wildman–Crippen LogP) is 2.66. The minimum atomic E-state index is -1.24. The van der Waals surface area contributed by atoms with Crippen molar-refractivity contribution in [2.75, 3.05) is 6.61 Å². The molecule has 80 valence electrons. The highest BCUT2D eigenvalue weighted by atomic mass is 35.5. The normalized spacial score (nSPS) is 10.5. The molecule has 1 aromatic carbocycles. The molecule has 0 unspecified atom stereocenters. The first kappa shape index (κ1) is 11.5. The molecule has 0 atom stereocenters. The van der Waals surface area contributed by atoms with Gasteiger partial charge in [-0.2, -0.15) is 0 Å². The number of carboxylic acid groups (broad SMARTS) is 1. The second-order valence-corrected chi connectivity index (χ2v) is 2.87. The van der Waals surface area contributed by atoms with E-state index in [1.54, 1.807) is 0 Å². The average Bonchev–Trinajstić information content (AvgIpc) is 2.20. The van der Waals surface area contributed by atoms with Gasteiger partial charge >= 0.3 is 5.97 Å². The highest BCUT2D eigenvalue weighted by Crippen LogP contribution is 2.19. The fraction of sp³-hybridized carbons (Fsp3) is 0.100. The molecule has 0 radical (unpaired) electrons. The number of ether oxygens (including phenoxy) is 1. The van der Waals surface area contributed by atoms with E-state index in [-0.39, 0.29) is 17.9 Å². The van der Waals surface area contributed by atoms with Crippen LogP contribution in [0, 0.1) is 5.82 Å². The molecule has 1 N–H and O–H groups in total. The zero-order valence-corrected chi connectivity index (χ0v) is 8.37. The molecular weight excluding hydrogens is 223 g/mol. The number of rotatable bonds is 4. The van der Waals surface area contributed by atoms with E-state index in [9.17, 15) is 9.18 Å². The van der Waals surface area contributed by atoms with E-state index in [4.69, 9.17) is 21.4 Å². The Morgan fingerprint density at radius 3 is 2.93 bits per heavy atom. The van der Waals surface area contributed by atoms with Crippen molar-refractivity contribution in [1.82, 2.24) is 0 Å². The maximum absolute atomic E-state index is 12.7. The third-order valence-electron chi connectivity index (χ3n) is 1.60. The standard InChI is InChI=1S/C10H8ClFO3/c11-4-1-5-15-9-3-2-7(12)6-8(9)10(13)14/h1-4,6H,5H2,(H,13,14)/b4-1+. The Kier molecular flexibility index (Phi) is 4.12. The monoisotopic (exact) mass is 230 g/mol. The highest BCUT2D eigenvalue weighted by molar-refractivity contribution is 6.25. The van der Waals surface area contributed by atoms with E-state index >= 15 is 0 Å². The van der Waals surface area contributed by atoms with Crippen molar-refractivity contribution in [3.05, 3.63) is 41.2 Å². The first-order valence-corrected chi connectivity index (χ1v) is 4.49. The van der Waals surface area contributed by atoms with Crippen LogP contribution in [0.1, 0.15) is 10.4 Å². The third kappa shape index (κ3) is 3.25. The molecule has 5 heteroatoms. The maximum Gasteiger partial charge on any atom is 0.339 e. The van der Waals surface area contributed by atoms with Crippen molar-refractivity contribution in [2.24, 2.45) is 0 Å². The van der Waals surface area contributed by atoms with Crippen LogP contribution in [0.2, 0.25) is 0 Å². The summed E-state index contributed by atoms with van der Waals surface area (Å²) in [5.74, 6) is -1.74. The Morgan fingerprint density at radius 2 is 2.33 bits per heavy atom. The molecule has 0 amide bonds. The molecule has 0 aliphatic carbocycles. The van der Waals surface area contributed by atoms with E-state index in [0.717, 1.165) is 12.1 Å². The van der Waals surface area contributed by atoms with Crippen LogP contribution in [-0.2, 0) is 0 Å². The van der Waals surface area contributed by atoms with E-state index in [1.165, 1.54) is 17.7 Å². The highest BCUT2D eigenvalue weighted by Gasteiger charge is 2.11. The zero-order valence-electron chi connectivity index (χ0n) is 7.61. The van der Waals surface area contributed by atoms with Crippen molar-refractivity contribution in [1.29, 1.82) is 0 Å². The Hall–Kier alpha value is -1.55. The van der Waals surface area contributed by atoms with Gasteiger partial charge in [-0.25, -0.2) is 9.18 Å². The molecule has 3 nitrogen and oxygen atoms in total. The summed E-state index contributed by atoms with van der Waals surface area (Å²) in [5.41, 5.74) is 1.04. The molecule has 15 heavy (non-hydrogen) atoms. The van der Waals surface area contributed by atoms with Gasteiger partial charge in [-0.1, -0.05) is 11.6 Å². The molecule has 0 saturated heterocycles. The molecule has 0 spiro atoms. The second kappa shape index (κ2) is 5.36. The fourth-order valence-electron chi connectivity index (χ4n) is 0.969. The smallest absolute Gasteiger partial charge is 0.339 e. The first-order chi connectivity index (χ1) is 7.15. The largest absolute Gasteiger partial charge is 0.489 e.